The number of rotatable bonds is 6. The Morgan fingerprint density at radius 2 is 1.80 bits per heavy atom. The Labute approximate surface area is 117 Å². The molecule has 0 aromatic heterocycles. The van der Waals surface area contributed by atoms with E-state index in [0.29, 0.717) is 11.3 Å². The molecule has 110 valence electrons. The number of esters is 1. The first-order valence-electron chi connectivity index (χ1n) is 6.20. The van der Waals surface area contributed by atoms with Gasteiger partial charge in [-0.05, 0) is 31.5 Å². The van der Waals surface area contributed by atoms with Gasteiger partial charge >= 0.3 is 5.97 Å². The Hall–Kier alpha value is -2.11. The number of anilines is 1. The number of ether oxygens (including phenoxy) is 1. The first-order valence-corrected chi connectivity index (χ1v) is 6.20. The topological polar surface area (TPSA) is 67.4 Å². The SMILES string of the molecule is COC(=O)CNC(=O)CNc1ccc(C(C)(C)F)cc1. The van der Waals surface area contributed by atoms with Gasteiger partial charge in [-0.1, -0.05) is 12.1 Å². The first-order chi connectivity index (χ1) is 9.32. The molecule has 0 aliphatic rings. The summed E-state index contributed by atoms with van der Waals surface area (Å²) in [5.41, 5.74) is -0.124. The molecule has 0 atom stereocenters. The molecular formula is C14H19FN2O3. The van der Waals surface area contributed by atoms with Gasteiger partial charge in [-0.3, -0.25) is 9.59 Å². The van der Waals surface area contributed by atoms with Gasteiger partial charge in [0.25, 0.3) is 0 Å². The minimum absolute atomic E-state index is 0.0232. The predicted molar refractivity (Wildman–Crippen MR) is 74.1 cm³/mol. The zero-order valence-corrected chi connectivity index (χ0v) is 11.8. The molecule has 1 amide bonds. The molecule has 0 bridgehead atoms. The van der Waals surface area contributed by atoms with E-state index in [-0.39, 0.29) is 19.0 Å². The van der Waals surface area contributed by atoms with E-state index in [1.54, 1.807) is 24.3 Å². The van der Waals surface area contributed by atoms with Gasteiger partial charge in [-0.25, -0.2) is 4.39 Å². The molecule has 0 aliphatic heterocycles. The van der Waals surface area contributed by atoms with Gasteiger partial charge in [-0.15, -0.1) is 0 Å². The van der Waals surface area contributed by atoms with Gasteiger partial charge < -0.3 is 15.4 Å². The van der Waals surface area contributed by atoms with Crippen LogP contribution in [0, 0.1) is 0 Å². The standard InChI is InChI=1S/C14H19FN2O3/c1-14(2,15)10-4-6-11(7-5-10)16-8-12(18)17-9-13(19)20-3/h4-7,16H,8-9H2,1-3H3,(H,17,18). The number of halogens is 1. The maximum Gasteiger partial charge on any atom is 0.325 e. The predicted octanol–water partition coefficient (Wildman–Crippen LogP) is 1.59. The van der Waals surface area contributed by atoms with Gasteiger partial charge in [-0.2, -0.15) is 0 Å². The van der Waals surface area contributed by atoms with E-state index in [1.807, 2.05) is 0 Å². The van der Waals surface area contributed by atoms with Crippen molar-refractivity contribution in [2.75, 3.05) is 25.5 Å². The molecule has 0 unspecified atom stereocenters. The quantitative estimate of drug-likeness (QED) is 0.778. The Bertz CT molecular complexity index is 466. The van der Waals surface area contributed by atoms with Gasteiger partial charge in [0.2, 0.25) is 5.91 Å². The molecule has 20 heavy (non-hydrogen) atoms. The number of nitrogens with one attached hydrogen (secondary N) is 2. The van der Waals surface area contributed by atoms with Crippen LogP contribution in [-0.2, 0) is 20.0 Å². The monoisotopic (exact) mass is 282 g/mol. The third-order valence-electron chi connectivity index (χ3n) is 2.68. The van der Waals surface area contributed by atoms with Crippen LogP contribution in [0.5, 0.6) is 0 Å². The summed E-state index contributed by atoms with van der Waals surface area (Å²) in [6.07, 6.45) is 0. The second-order valence-corrected chi connectivity index (χ2v) is 4.76. The highest BCUT2D eigenvalue weighted by molar-refractivity contribution is 5.84. The molecule has 0 spiro atoms. The third-order valence-corrected chi connectivity index (χ3v) is 2.68. The number of methoxy groups -OCH3 is 1. The lowest BCUT2D eigenvalue weighted by molar-refractivity contribution is -0.140. The lowest BCUT2D eigenvalue weighted by Crippen LogP contribution is -2.34. The van der Waals surface area contributed by atoms with Gasteiger partial charge in [0.1, 0.15) is 12.2 Å². The van der Waals surface area contributed by atoms with Crippen molar-refractivity contribution in [1.29, 1.82) is 0 Å². The summed E-state index contributed by atoms with van der Waals surface area (Å²) >= 11 is 0. The highest BCUT2D eigenvalue weighted by Gasteiger charge is 2.17. The Balaban J connectivity index is 2.42. The van der Waals surface area contributed by atoms with E-state index in [0.717, 1.165) is 0 Å². The van der Waals surface area contributed by atoms with E-state index in [9.17, 15) is 14.0 Å². The van der Waals surface area contributed by atoms with Gasteiger partial charge in [0.05, 0.1) is 13.7 Å². The normalized spacial score (nSPS) is 10.8. The van der Waals surface area contributed by atoms with Crippen LogP contribution in [0.3, 0.4) is 0 Å². The number of benzene rings is 1. The summed E-state index contributed by atoms with van der Waals surface area (Å²) in [5.74, 6) is -0.835. The summed E-state index contributed by atoms with van der Waals surface area (Å²) < 4.78 is 18.0. The van der Waals surface area contributed by atoms with Crippen LogP contribution in [0.15, 0.2) is 24.3 Å². The van der Waals surface area contributed by atoms with Crippen molar-refractivity contribution in [3.8, 4) is 0 Å². The number of carbonyl (C=O) groups excluding carboxylic acids is 2. The number of alkyl halides is 1. The van der Waals surface area contributed by atoms with E-state index in [2.05, 4.69) is 15.4 Å². The molecule has 0 aliphatic carbocycles. The molecule has 1 aromatic carbocycles. The Morgan fingerprint density at radius 3 is 2.30 bits per heavy atom. The summed E-state index contributed by atoms with van der Waals surface area (Å²) in [6, 6.07) is 6.72. The van der Waals surface area contributed by atoms with Crippen molar-refractivity contribution in [2.24, 2.45) is 0 Å². The minimum Gasteiger partial charge on any atom is -0.468 e. The average Bonchev–Trinajstić information content (AvgIpc) is 2.41. The maximum absolute atomic E-state index is 13.6. The van der Waals surface area contributed by atoms with Gasteiger partial charge in [0.15, 0.2) is 0 Å². The summed E-state index contributed by atoms with van der Waals surface area (Å²) in [7, 11) is 1.25. The van der Waals surface area contributed by atoms with Crippen LogP contribution < -0.4 is 10.6 Å². The van der Waals surface area contributed by atoms with Crippen LogP contribution in [0.4, 0.5) is 10.1 Å². The summed E-state index contributed by atoms with van der Waals surface area (Å²) in [5, 5.41) is 5.28. The molecule has 0 fully saturated rings. The fourth-order valence-corrected chi connectivity index (χ4v) is 1.47. The fraction of sp³-hybridized carbons (Fsp3) is 0.429. The molecule has 0 saturated carbocycles. The second kappa shape index (κ2) is 6.88. The van der Waals surface area contributed by atoms with Crippen molar-refractivity contribution in [3.63, 3.8) is 0 Å². The van der Waals surface area contributed by atoms with Crippen molar-refractivity contribution >= 4 is 17.6 Å². The molecule has 2 N–H and O–H groups in total. The lowest BCUT2D eigenvalue weighted by atomic mass is 10.0. The van der Waals surface area contributed by atoms with Crippen LogP contribution in [0.25, 0.3) is 0 Å². The largest absolute Gasteiger partial charge is 0.468 e. The van der Waals surface area contributed by atoms with Crippen molar-refractivity contribution in [3.05, 3.63) is 29.8 Å². The van der Waals surface area contributed by atoms with Crippen LogP contribution in [0.2, 0.25) is 0 Å². The number of hydrogen-bond acceptors (Lipinski definition) is 4. The molecular weight excluding hydrogens is 263 g/mol. The zero-order valence-electron chi connectivity index (χ0n) is 11.8. The molecule has 0 heterocycles. The lowest BCUT2D eigenvalue weighted by Gasteiger charge is -2.15. The van der Waals surface area contributed by atoms with E-state index < -0.39 is 11.6 Å². The molecule has 0 radical (unpaired) electrons. The third kappa shape index (κ3) is 5.26. The number of carbonyl (C=O) groups is 2. The van der Waals surface area contributed by atoms with Crippen LogP contribution in [-0.4, -0.2) is 32.1 Å². The van der Waals surface area contributed by atoms with E-state index >= 15 is 0 Å². The molecule has 0 saturated heterocycles. The average molecular weight is 282 g/mol. The number of hydrogen-bond donors (Lipinski definition) is 2. The summed E-state index contributed by atoms with van der Waals surface area (Å²) in [4.78, 5) is 22.3. The highest BCUT2D eigenvalue weighted by Crippen LogP contribution is 2.25. The Morgan fingerprint density at radius 1 is 1.20 bits per heavy atom. The van der Waals surface area contributed by atoms with Crippen LogP contribution >= 0.6 is 0 Å². The fourth-order valence-electron chi connectivity index (χ4n) is 1.47. The molecule has 1 aromatic rings. The number of amides is 1. The Kier molecular flexibility index (Phi) is 5.49. The van der Waals surface area contributed by atoms with Crippen molar-refractivity contribution < 1.29 is 18.7 Å². The molecule has 5 nitrogen and oxygen atoms in total. The molecule has 6 heteroatoms. The minimum atomic E-state index is -1.39. The van der Waals surface area contributed by atoms with Crippen LogP contribution in [0.1, 0.15) is 19.4 Å². The summed E-state index contributed by atoms with van der Waals surface area (Å²) in [6.45, 7) is 2.83. The first kappa shape index (κ1) is 15.9. The van der Waals surface area contributed by atoms with E-state index in [4.69, 9.17) is 0 Å². The van der Waals surface area contributed by atoms with Crippen molar-refractivity contribution in [1.82, 2.24) is 5.32 Å². The second-order valence-electron chi connectivity index (χ2n) is 4.76. The smallest absolute Gasteiger partial charge is 0.325 e. The van der Waals surface area contributed by atoms with Gasteiger partial charge in [0, 0.05) is 5.69 Å². The highest BCUT2D eigenvalue weighted by atomic mass is 19.1. The maximum atomic E-state index is 13.6. The van der Waals surface area contributed by atoms with Crippen molar-refractivity contribution in [2.45, 2.75) is 19.5 Å². The zero-order chi connectivity index (χ0) is 15.2. The molecule has 1 rings (SSSR count). The van der Waals surface area contributed by atoms with E-state index in [1.165, 1.54) is 21.0 Å².